The first kappa shape index (κ1) is 20.9. The first-order chi connectivity index (χ1) is 16.0. The molecule has 2 aromatic carbocycles. The molecule has 9 heteroatoms. The fourth-order valence-electron chi connectivity index (χ4n) is 4.09. The normalized spacial score (nSPS) is 14.1. The number of hydrogen-bond donors (Lipinski definition) is 0. The average molecular weight is 444 g/mol. The van der Waals surface area contributed by atoms with E-state index in [1.807, 2.05) is 50.2 Å². The fraction of sp³-hybridized carbons (Fsp3) is 0.292. The molecular formula is C24H25N7O2. The summed E-state index contributed by atoms with van der Waals surface area (Å²) in [6.07, 6.45) is 1.41. The monoisotopic (exact) mass is 443 g/mol. The number of aromatic nitrogens is 5. The Labute approximate surface area is 190 Å². The molecule has 0 aliphatic carbocycles. The van der Waals surface area contributed by atoms with Gasteiger partial charge in [0.05, 0.1) is 5.69 Å². The largest absolute Gasteiger partial charge is 0.368 e. The number of rotatable bonds is 4. The number of hydrogen-bond acceptors (Lipinski definition) is 6. The average Bonchev–Trinajstić information content (AvgIpc) is 3.28. The molecule has 0 bridgehead atoms. The predicted octanol–water partition coefficient (Wildman–Crippen LogP) is 1.94. The van der Waals surface area contributed by atoms with Crippen LogP contribution in [0.4, 0.5) is 5.69 Å². The summed E-state index contributed by atoms with van der Waals surface area (Å²) in [6, 6.07) is 16.1. The van der Waals surface area contributed by atoms with Crippen molar-refractivity contribution < 1.29 is 4.79 Å². The number of carbonyl (C=O) groups is 1. The molecule has 5 rings (SSSR count). The first-order valence-electron chi connectivity index (χ1n) is 11.0. The van der Waals surface area contributed by atoms with E-state index in [1.54, 1.807) is 9.58 Å². The molecule has 168 valence electrons. The van der Waals surface area contributed by atoms with Crippen molar-refractivity contribution in [1.29, 1.82) is 0 Å². The lowest BCUT2D eigenvalue weighted by Gasteiger charge is -2.36. The summed E-state index contributed by atoms with van der Waals surface area (Å²) in [5.41, 5.74) is 4.39. The minimum absolute atomic E-state index is 0.0659. The first-order valence-corrected chi connectivity index (χ1v) is 11.0. The maximum Gasteiger partial charge on any atom is 0.284 e. The van der Waals surface area contributed by atoms with Gasteiger partial charge in [0.15, 0.2) is 11.2 Å². The third kappa shape index (κ3) is 3.97. The van der Waals surface area contributed by atoms with Crippen LogP contribution in [0.25, 0.3) is 16.9 Å². The Balaban J connectivity index is 1.31. The van der Waals surface area contributed by atoms with Crippen molar-refractivity contribution in [2.45, 2.75) is 20.4 Å². The van der Waals surface area contributed by atoms with Crippen molar-refractivity contribution in [3.63, 3.8) is 0 Å². The van der Waals surface area contributed by atoms with E-state index in [0.717, 1.165) is 30.0 Å². The number of amides is 1. The Hall–Kier alpha value is -4.01. The van der Waals surface area contributed by atoms with Crippen molar-refractivity contribution in [2.24, 2.45) is 0 Å². The topological polar surface area (TPSA) is 89.1 Å². The summed E-state index contributed by atoms with van der Waals surface area (Å²) < 4.78 is 2.87. The van der Waals surface area contributed by atoms with Gasteiger partial charge < -0.3 is 9.80 Å². The summed E-state index contributed by atoms with van der Waals surface area (Å²) in [6.45, 7) is 6.72. The maximum atomic E-state index is 13.0. The van der Waals surface area contributed by atoms with Crippen LogP contribution in [0.15, 0.2) is 59.7 Å². The molecule has 0 N–H and O–H groups in total. The van der Waals surface area contributed by atoms with Gasteiger partial charge in [0.25, 0.3) is 5.56 Å². The van der Waals surface area contributed by atoms with E-state index in [0.29, 0.717) is 18.7 Å². The highest BCUT2D eigenvalue weighted by molar-refractivity contribution is 5.77. The second-order valence-electron chi connectivity index (χ2n) is 8.32. The standard InChI is InChI=1S/C24H25N7O2/c1-17-8-9-20(14-18(17)2)31-23-22(26-27-31)24(33)30(16-25-23)15-21(32)29-12-10-28(11-13-29)19-6-4-3-5-7-19/h3-9,14,16H,10-13,15H2,1-2H3. The van der Waals surface area contributed by atoms with Gasteiger partial charge in [0.1, 0.15) is 12.9 Å². The molecule has 1 amide bonds. The highest BCUT2D eigenvalue weighted by Crippen LogP contribution is 2.17. The van der Waals surface area contributed by atoms with E-state index in [9.17, 15) is 9.59 Å². The predicted molar refractivity (Wildman–Crippen MR) is 126 cm³/mol. The summed E-state index contributed by atoms with van der Waals surface area (Å²) in [7, 11) is 0. The number of benzene rings is 2. The number of aryl methyl sites for hydroxylation is 2. The van der Waals surface area contributed by atoms with Crippen LogP contribution in [-0.2, 0) is 11.3 Å². The Morgan fingerprint density at radius 1 is 0.939 bits per heavy atom. The lowest BCUT2D eigenvalue weighted by atomic mass is 10.1. The Kier molecular flexibility index (Phi) is 5.37. The second-order valence-corrected chi connectivity index (χ2v) is 8.32. The van der Waals surface area contributed by atoms with Gasteiger partial charge in [-0.25, -0.2) is 4.98 Å². The minimum Gasteiger partial charge on any atom is -0.368 e. The van der Waals surface area contributed by atoms with Gasteiger partial charge in [0, 0.05) is 31.9 Å². The minimum atomic E-state index is -0.369. The van der Waals surface area contributed by atoms with E-state index < -0.39 is 0 Å². The van der Waals surface area contributed by atoms with Gasteiger partial charge in [-0.05, 0) is 49.2 Å². The van der Waals surface area contributed by atoms with Gasteiger partial charge in [-0.15, -0.1) is 5.10 Å². The van der Waals surface area contributed by atoms with Crippen LogP contribution in [0.1, 0.15) is 11.1 Å². The van der Waals surface area contributed by atoms with Crippen molar-refractivity contribution in [3.8, 4) is 5.69 Å². The molecule has 1 saturated heterocycles. The van der Waals surface area contributed by atoms with Crippen LogP contribution in [0.5, 0.6) is 0 Å². The Morgan fingerprint density at radius 3 is 2.42 bits per heavy atom. The summed E-state index contributed by atoms with van der Waals surface area (Å²) in [5.74, 6) is -0.104. The van der Waals surface area contributed by atoms with Crippen LogP contribution < -0.4 is 10.5 Å². The molecule has 0 radical (unpaired) electrons. The number of piperazine rings is 1. The van der Waals surface area contributed by atoms with Crippen molar-refractivity contribution in [3.05, 3.63) is 76.3 Å². The molecular weight excluding hydrogens is 418 g/mol. The van der Waals surface area contributed by atoms with Crippen LogP contribution in [0.3, 0.4) is 0 Å². The van der Waals surface area contributed by atoms with E-state index in [1.165, 1.54) is 16.5 Å². The van der Waals surface area contributed by atoms with Gasteiger partial charge in [0.2, 0.25) is 5.91 Å². The summed E-state index contributed by atoms with van der Waals surface area (Å²) >= 11 is 0. The van der Waals surface area contributed by atoms with Crippen LogP contribution in [0, 0.1) is 13.8 Å². The van der Waals surface area contributed by atoms with Gasteiger partial charge in [-0.1, -0.05) is 29.5 Å². The number of para-hydroxylation sites is 1. The second kappa shape index (κ2) is 8.50. The molecule has 2 aromatic heterocycles. The third-order valence-corrected chi connectivity index (χ3v) is 6.22. The highest BCUT2D eigenvalue weighted by atomic mass is 16.2. The van der Waals surface area contributed by atoms with Gasteiger partial charge in [-0.2, -0.15) is 4.68 Å². The molecule has 0 saturated carbocycles. The van der Waals surface area contributed by atoms with Crippen molar-refractivity contribution >= 4 is 22.8 Å². The number of carbonyl (C=O) groups excluding carboxylic acids is 1. The van der Waals surface area contributed by atoms with Crippen LogP contribution in [-0.4, -0.2) is 61.5 Å². The molecule has 0 atom stereocenters. The molecule has 1 aliphatic rings. The molecule has 4 aromatic rings. The molecule has 1 aliphatic heterocycles. The fourth-order valence-corrected chi connectivity index (χ4v) is 4.09. The zero-order valence-electron chi connectivity index (χ0n) is 18.7. The van der Waals surface area contributed by atoms with Crippen LogP contribution >= 0.6 is 0 Å². The maximum absolute atomic E-state index is 13.0. The van der Waals surface area contributed by atoms with E-state index in [2.05, 4.69) is 32.3 Å². The number of fused-ring (bicyclic) bond motifs is 1. The Morgan fingerprint density at radius 2 is 1.70 bits per heavy atom. The van der Waals surface area contributed by atoms with E-state index in [4.69, 9.17) is 0 Å². The smallest absolute Gasteiger partial charge is 0.284 e. The van der Waals surface area contributed by atoms with Crippen molar-refractivity contribution in [1.82, 2.24) is 29.4 Å². The summed E-state index contributed by atoms with van der Waals surface area (Å²) in [5, 5.41) is 8.19. The quantitative estimate of drug-likeness (QED) is 0.479. The van der Waals surface area contributed by atoms with Crippen LogP contribution in [0.2, 0.25) is 0 Å². The lowest BCUT2D eigenvalue weighted by molar-refractivity contribution is -0.132. The highest BCUT2D eigenvalue weighted by Gasteiger charge is 2.22. The van der Waals surface area contributed by atoms with E-state index in [-0.39, 0.29) is 23.5 Å². The molecule has 3 heterocycles. The van der Waals surface area contributed by atoms with E-state index >= 15 is 0 Å². The molecule has 0 unspecified atom stereocenters. The third-order valence-electron chi connectivity index (χ3n) is 6.22. The van der Waals surface area contributed by atoms with Gasteiger partial charge in [-0.3, -0.25) is 14.2 Å². The number of anilines is 1. The Bertz CT molecular complexity index is 1370. The number of nitrogens with zero attached hydrogens (tertiary/aromatic N) is 7. The molecule has 33 heavy (non-hydrogen) atoms. The van der Waals surface area contributed by atoms with Gasteiger partial charge >= 0.3 is 0 Å². The SMILES string of the molecule is Cc1ccc(-n2nnc3c(=O)n(CC(=O)N4CCN(c5ccccc5)CC4)cnc32)cc1C. The zero-order valence-corrected chi connectivity index (χ0v) is 18.7. The zero-order chi connectivity index (χ0) is 22.9. The molecule has 0 spiro atoms. The van der Waals surface area contributed by atoms with Crippen molar-refractivity contribution in [2.75, 3.05) is 31.1 Å². The molecule has 9 nitrogen and oxygen atoms in total. The summed E-state index contributed by atoms with van der Waals surface area (Å²) in [4.78, 5) is 34.3. The lowest BCUT2D eigenvalue weighted by Crippen LogP contribution is -2.50. The molecule has 1 fully saturated rings.